The van der Waals surface area contributed by atoms with Crippen LogP contribution in [0, 0.1) is 5.41 Å². The summed E-state index contributed by atoms with van der Waals surface area (Å²) in [6.45, 7) is 1.58. The molecule has 0 spiro atoms. The Morgan fingerprint density at radius 1 is 1.54 bits per heavy atom. The molecule has 78 valence electrons. The van der Waals surface area contributed by atoms with Crippen molar-refractivity contribution in [3.63, 3.8) is 0 Å². The lowest BCUT2D eigenvalue weighted by Crippen LogP contribution is -2.48. The van der Waals surface area contributed by atoms with E-state index in [1.54, 1.807) is 7.05 Å². The number of hydrogen-bond donors (Lipinski definition) is 3. The molecule has 1 aliphatic rings. The summed E-state index contributed by atoms with van der Waals surface area (Å²) in [6.07, 6.45) is 1.45. The van der Waals surface area contributed by atoms with Crippen LogP contribution in [0.4, 0.5) is 0 Å². The van der Waals surface area contributed by atoms with Crippen molar-refractivity contribution in [2.45, 2.75) is 12.8 Å². The van der Waals surface area contributed by atoms with Crippen molar-refractivity contribution in [2.75, 3.05) is 26.7 Å². The Hall–Kier alpha value is -0.320. The van der Waals surface area contributed by atoms with E-state index < -0.39 is 5.41 Å². The SMILES string of the molecule is CNC(=O)C1(CO)CCNCC1.Cl. The van der Waals surface area contributed by atoms with Gasteiger partial charge in [0, 0.05) is 7.05 Å². The molecule has 4 nitrogen and oxygen atoms in total. The minimum atomic E-state index is -0.528. The molecule has 0 bridgehead atoms. The van der Waals surface area contributed by atoms with Gasteiger partial charge in [-0.2, -0.15) is 0 Å². The average molecular weight is 209 g/mol. The van der Waals surface area contributed by atoms with E-state index in [0.29, 0.717) is 0 Å². The number of piperidine rings is 1. The molecule has 0 atom stereocenters. The maximum absolute atomic E-state index is 11.4. The second kappa shape index (κ2) is 5.42. The third kappa shape index (κ3) is 2.56. The van der Waals surface area contributed by atoms with Crippen LogP contribution in [-0.2, 0) is 4.79 Å². The van der Waals surface area contributed by atoms with Gasteiger partial charge in [-0.25, -0.2) is 0 Å². The van der Waals surface area contributed by atoms with Gasteiger partial charge in [0.05, 0.1) is 12.0 Å². The van der Waals surface area contributed by atoms with Gasteiger partial charge in [-0.05, 0) is 25.9 Å². The first-order valence-electron chi connectivity index (χ1n) is 4.29. The Morgan fingerprint density at radius 3 is 2.46 bits per heavy atom. The van der Waals surface area contributed by atoms with Gasteiger partial charge in [0.25, 0.3) is 0 Å². The molecule has 0 saturated carbocycles. The molecule has 0 radical (unpaired) electrons. The van der Waals surface area contributed by atoms with E-state index in [4.69, 9.17) is 5.11 Å². The number of rotatable bonds is 2. The van der Waals surface area contributed by atoms with Crippen molar-refractivity contribution >= 4 is 18.3 Å². The van der Waals surface area contributed by atoms with Gasteiger partial charge in [-0.3, -0.25) is 4.79 Å². The second-order valence-corrected chi connectivity index (χ2v) is 3.27. The van der Waals surface area contributed by atoms with E-state index in [-0.39, 0.29) is 24.9 Å². The third-order valence-corrected chi connectivity index (χ3v) is 2.57. The Balaban J connectivity index is 0.00000144. The van der Waals surface area contributed by atoms with E-state index in [9.17, 15) is 4.79 Å². The van der Waals surface area contributed by atoms with Crippen LogP contribution < -0.4 is 10.6 Å². The lowest BCUT2D eigenvalue weighted by molar-refractivity contribution is -0.134. The summed E-state index contributed by atoms with van der Waals surface area (Å²) in [6, 6.07) is 0. The van der Waals surface area contributed by atoms with Gasteiger partial charge in [0.2, 0.25) is 5.91 Å². The summed E-state index contributed by atoms with van der Waals surface area (Å²) in [5, 5.41) is 14.9. The van der Waals surface area contributed by atoms with Gasteiger partial charge in [0.15, 0.2) is 0 Å². The summed E-state index contributed by atoms with van der Waals surface area (Å²) in [4.78, 5) is 11.4. The monoisotopic (exact) mass is 208 g/mol. The molecular weight excluding hydrogens is 192 g/mol. The van der Waals surface area contributed by atoms with Crippen molar-refractivity contribution in [1.82, 2.24) is 10.6 Å². The van der Waals surface area contributed by atoms with E-state index in [1.807, 2.05) is 0 Å². The normalized spacial score (nSPS) is 20.2. The molecule has 13 heavy (non-hydrogen) atoms. The molecule has 1 saturated heterocycles. The van der Waals surface area contributed by atoms with Crippen LogP contribution in [-0.4, -0.2) is 37.8 Å². The number of carbonyl (C=O) groups excluding carboxylic acids is 1. The van der Waals surface area contributed by atoms with Crippen molar-refractivity contribution in [1.29, 1.82) is 0 Å². The van der Waals surface area contributed by atoms with Crippen molar-refractivity contribution in [2.24, 2.45) is 5.41 Å². The van der Waals surface area contributed by atoms with E-state index >= 15 is 0 Å². The number of amides is 1. The fourth-order valence-electron chi connectivity index (χ4n) is 1.63. The highest BCUT2D eigenvalue weighted by molar-refractivity contribution is 5.85. The molecule has 1 rings (SSSR count). The van der Waals surface area contributed by atoms with Gasteiger partial charge in [0.1, 0.15) is 0 Å². The van der Waals surface area contributed by atoms with Crippen LogP contribution in [0.15, 0.2) is 0 Å². The molecule has 0 aromatic heterocycles. The van der Waals surface area contributed by atoms with Gasteiger partial charge in [-0.15, -0.1) is 12.4 Å². The minimum Gasteiger partial charge on any atom is -0.395 e. The Kier molecular flexibility index (Phi) is 5.29. The summed E-state index contributed by atoms with van der Waals surface area (Å²) in [5.41, 5.74) is -0.528. The highest BCUT2D eigenvalue weighted by atomic mass is 35.5. The first-order chi connectivity index (χ1) is 5.75. The average Bonchev–Trinajstić information content (AvgIpc) is 2.17. The zero-order valence-electron chi connectivity index (χ0n) is 7.80. The van der Waals surface area contributed by atoms with Crippen LogP contribution in [0.3, 0.4) is 0 Å². The summed E-state index contributed by atoms with van der Waals surface area (Å²) in [7, 11) is 1.61. The molecule has 0 aromatic carbocycles. The van der Waals surface area contributed by atoms with Crippen molar-refractivity contribution in [3.05, 3.63) is 0 Å². The third-order valence-electron chi connectivity index (χ3n) is 2.57. The maximum atomic E-state index is 11.4. The summed E-state index contributed by atoms with van der Waals surface area (Å²) < 4.78 is 0. The largest absolute Gasteiger partial charge is 0.395 e. The quantitative estimate of drug-likeness (QED) is 0.575. The van der Waals surface area contributed by atoms with Crippen LogP contribution in [0.2, 0.25) is 0 Å². The highest BCUT2D eigenvalue weighted by Gasteiger charge is 2.38. The molecule has 5 heteroatoms. The first-order valence-corrected chi connectivity index (χ1v) is 4.29. The smallest absolute Gasteiger partial charge is 0.228 e. The molecule has 1 aliphatic heterocycles. The molecule has 1 fully saturated rings. The lowest BCUT2D eigenvalue weighted by atomic mass is 9.79. The molecular formula is C8H17ClN2O2. The van der Waals surface area contributed by atoms with Crippen molar-refractivity contribution in [3.8, 4) is 0 Å². The summed E-state index contributed by atoms with van der Waals surface area (Å²) >= 11 is 0. The molecule has 1 heterocycles. The molecule has 0 unspecified atom stereocenters. The number of aliphatic hydroxyl groups excluding tert-OH is 1. The standard InChI is InChI=1S/C8H16N2O2.ClH/c1-9-7(12)8(6-11)2-4-10-5-3-8;/h10-11H,2-6H2,1H3,(H,9,12);1H. The topological polar surface area (TPSA) is 61.4 Å². The predicted octanol–water partition coefficient (Wildman–Crippen LogP) is -0.484. The van der Waals surface area contributed by atoms with E-state index in [1.165, 1.54) is 0 Å². The van der Waals surface area contributed by atoms with Crippen molar-refractivity contribution < 1.29 is 9.90 Å². The number of carbonyl (C=O) groups is 1. The van der Waals surface area contributed by atoms with Gasteiger partial charge in [-0.1, -0.05) is 0 Å². The molecule has 0 aliphatic carbocycles. The van der Waals surface area contributed by atoms with E-state index in [2.05, 4.69) is 10.6 Å². The van der Waals surface area contributed by atoms with Crippen LogP contribution >= 0.6 is 12.4 Å². The van der Waals surface area contributed by atoms with Crippen LogP contribution in [0.1, 0.15) is 12.8 Å². The van der Waals surface area contributed by atoms with Gasteiger partial charge >= 0.3 is 0 Å². The fourth-order valence-corrected chi connectivity index (χ4v) is 1.63. The Morgan fingerprint density at radius 2 is 2.08 bits per heavy atom. The molecule has 3 N–H and O–H groups in total. The zero-order chi connectivity index (χ0) is 9.03. The molecule has 1 amide bonds. The van der Waals surface area contributed by atoms with E-state index in [0.717, 1.165) is 25.9 Å². The Bertz CT molecular complexity index is 170. The molecule has 0 aromatic rings. The van der Waals surface area contributed by atoms with Gasteiger partial charge < -0.3 is 15.7 Å². The lowest BCUT2D eigenvalue weighted by Gasteiger charge is -2.33. The Labute approximate surface area is 84.5 Å². The van der Waals surface area contributed by atoms with Crippen LogP contribution in [0.25, 0.3) is 0 Å². The highest BCUT2D eigenvalue weighted by Crippen LogP contribution is 2.27. The number of nitrogens with one attached hydrogen (secondary N) is 2. The number of aliphatic hydroxyl groups is 1. The zero-order valence-corrected chi connectivity index (χ0v) is 8.62. The predicted molar refractivity (Wildman–Crippen MR) is 52.9 cm³/mol. The number of hydrogen-bond acceptors (Lipinski definition) is 3. The maximum Gasteiger partial charge on any atom is 0.228 e. The second-order valence-electron chi connectivity index (χ2n) is 3.27. The number of halogens is 1. The summed E-state index contributed by atoms with van der Waals surface area (Å²) in [5.74, 6) is -0.0356. The fraction of sp³-hybridized carbons (Fsp3) is 0.875. The van der Waals surface area contributed by atoms with Crippen LogP contribution in [0.5, 0.6) is 0 Å². The minimum absolute atomic E-state index is 0. The first kappa shape index (κ1) is 12.7.